The molecule has 0 saturated carbocycles. The van der Waals surface area contributed by atoms with Crippen molar-refractivity contribution in [3.8, 4) is 11.6 Å². The van der Waals surface area contributed by atoms with E-state index in [0.717, 1.165) is 5.56 Å². The summed E-state index contributed by atoms with van der Waals surface area (Å²) < 4.78 is 6.18. The fraction of sp³-hybridized carbons (Fsp3) is 0.0769. The Bertz CT molecular complexity index is 646. The van der Waals surface area contributed by atoms with Crippen molar-refractivity contribution in [1.82, 2.24) is 4.98 Å². The van der Waals surface area contributed by atoms with Crippen molar-refractivity contribution in [2.24, 2.45) is 0 Å². The lowest BCUT2D eigenvalue weighted by molar-refractivity contribution is 0.0694. The Balaban J connectivity index is 2.40. The molecule has 1 aromatic carbocycles. The Morgan fingerprint density at radius 3 is 2.79 bits per heavy atom. The minimum atomic E-state index is -1.06. The Labute approximate surface area is 123 Å². The molecule has 6 heteroatoms. The van der Waals surface area contributed by atoms with Crippen LogP contribution in [0.2, 0.25) is 5.02 Å². The molecule has 2 aromatic rings. The standard InChI is InChI=1S/C13H9BrClNO3/c1-7-2-3-11(9(4-7)13(17)18)19-12-10(15)5-8(14)6-16-12/h2-6H,1H3,(H,17,18). The molecule has 2 rings (SSSR count). The van der Waals surface area contributed by atoms with Crippen molar-refractivity contribution in [3.05, 3.63) is 51.1 Å². The first-order chi connectivity index (χ1) is 8.97. The lowest BCUT2D eigenvalue weighted by atomic mass is 10.1. The van der Waals surface area contributed by atoms with Gasteiger partial charge in [-0.3, -0.25) is 0 Å². The summed E-state index contributed by atoms with van der Waals surface area (Å²) in [5, 5.41) is 9.44. The third-order valence-electron chi connectivity index (χ3n) is 2.35. The number of nitrogens with zero attached hydrogens (tertiary/aromatic N) is 1. The summed E-state index contributed by atoms with van der Waals surface area (Å²) >= 11 is 9.21. The first-order valence-electron chi connectivity index (χ1n) is 5.30. The summed E-state index contributed by atoms with van der Waals surface area (Å²) in [6.45, 7) is 1.81. The predicted octanol–water partition coefficient (Wildman–Crippen LogP) is 4.30. The topological polar surface area (TPSA) is 59.4 Å². The highest BCUT2D eigenvalue weighted by molar-refractivity contribution is 9.10. The number of ether oxygens (including phenoxy) is 1. The van der Waals surface area contributed by atoms with Crippen LogP contribution in [0.3, 0.4) is 0 Å². The molecule has 0 aliphatic rings. The van der Waals surface area contributed by atoms with Crippen molar-refractivity contribution >= 4 is 33.5 Å². The molecule has 19 heavy (non-hydrogen) atoms. The number of pyridine rings is 1. The first-order valence-corrected chi connectivity index (χ1v) is 6.47. The zero-order valence-corrected chi connectivity index (χ0v) is 12.2. The van der Waals surface area contributed by atoms with Crippen LogP contribution in [-0.4, -0.2) is 16.1 Å². The number of aromatic carboxylic acids is 1. The van der Waals surface area contributed by atoms with Gasteiger partial charge in [0.2, 0.25) is 5.88 Å². The molecule has 0 aliphatic carbocycles. The fourth-order valence-corrected chi connectivity index (χ4v) is 2.15. The van der Waals surface area contributed by atoms with Gasteiger partial charge in [-0.1, -0.05) is 23.2 Å². The van der Waals surface area contributed by atoms with Crippen LogP contribution in [0, 0.1) is 6.92 Å². The number of halogens is 2. The van der Waals surface area contributed by atoms with Gasteiger partial charge in [-0.2, -0.15) is 0 Å². The van der Waals surface area contributed by atoms with Crippen molar-refractivity contribution < 1.29 is 14.6 Å². The number of carbonyl (C=O) groups is 1. The zero-order valence-electron chi connectivity index (χ0n) is 9.85. The number of aromatic nitrogens is 1. The third kappa shape index (κ3) is 3.24. The van der Waals surface area contributed by atoms with E-state index in [1.165, 1.54) is 12.3 Å². The minimum Gasteiger partial charge on any atom is -0.478 e. The van der Waals surface area contributed by atoms with E-state index < -0.39 is 5.97 Å². The van der Waals surface area contributed by atoms with Crippen LogP contribution >= 0.6 is 27.5 Å². The second-order valence-corrected chi connectivity index (χ2v) is 5.17. The molecule has 0 spiro atoms. The summed E-state index contributed by atoms with van der Waals surface area (Å²) in [6, 6.07) is 6.50. The fourth-order valence-electron chi connectivity index (χ4n) is 1.48. The molecule has 0 radical (unpaired) electrons. The van der Waals surface area contributed by atoms with Crippen molar-refractivity contribution in [2.45, 2.75) is 6.92 Å². The Morgan fingerprint density at radius 2 is 2.16 bits per heavy atom. The second kappa shape index (κ2) is 5.59. The second-order valence-electron chi connectivity index (χ2n) is 3.85. The highest BCUT2D eigenvalue weighted by Crippen LogP contribution is 2.31. The van der Waals surface area contributed by atoms with Gasteiger partial charge in [0, 0.05) is 10.7 Å². The molecular weight excluding hydrogens is 334 g/mol. The van der Waals surface area contributed by atoms with Crippen LogP contribution in [-0.2, 0) is 0 Å². The number of benzene rings is 1. The van der Waals surface area contributed by atoms with E-state index in [1.54, 1.807) is 25.1 Å². The van der Waals surface area contributed by atoms with Gasteiger partial charge < -0.3 is 9.84 Å². The average Bonchev–Trinajstić information content (AvgIpc) is 2.34. The Kier molecular flexibility index (Phi) is 4.07. The van der Waals surface area contributed by atoms with Gasteiger partial charge in [-0.05, 0) is 41.1 Å². The lowest BCUT2D eigenvalue weighted by Gasteiger charge is -2.09. The van der Waals surface area contributed by atoms with Crippen LogP contribution in [0.1, 0.15) is 15.9 Å². The highest BCUT2D eigenvalue weighted by Gasteiger charge is 2.14. The maximum Gasteiger partial charge on any atom is 0.339 e. The molecule has 0 saturated heterocycles. The summed E-state index contributed by atoms with van der Waals surface area (Å²) in [4.78, 5) is 15.2. The van der Waals surface area contributed by atoms with Crippen LogP contribution in [0.15, 0.2) is 34.9 Å². The van der Waals surface area contributed by atoms with Crippen molar-refractivity contribution in [3.63, 3.8) is 0 Å². The number of hydrogen-bond acceptors (Lipinski definition) is 3. The summed E-state index contributed by atoms with van der Waals surface area (Å²) in [6.07, 6.45) is 1.52. The van der Waals surface area contributed by atoms with Crippen LogP contribution < -0.4 is 4.74 Å². The lowest BCUT2D eigenvalue weighted by Crippen LogP contribution is -2.01. The normalized spacial score (nSPS) is 10.3. The van der Waals surface area contributed by atoms with Crippen molar-refractivity contribution in [1.29, 1.82) is 0 Å². The SMILES string of the molecule is Cc1ccc(Oc2ncc(Br)cc2Cl)c(C(=O)O)c1. The van der Waals surface area contributed by atoms with E-state index in [-0.39, 0.29) is 17.2 Å². The third-order valence-corrected chi connectivity index (χ3v) is 3.05. The van der Waals surface area contributed by atoms with E-state index >= 15 is 0 Å². The van der Waals surface area contributed by atoms with Gasteiger partial charge in [0.05, 0.1) is 0 Å². The van der Waals surface area contributed by atoms with Gasteiger partial charge in [0.25, 0.3) is 0 Å². The number of carboxylic acids is 1. The minimum absolute atomic E-state index is 0.0702. The molecule has 98 valence electrons. The number of carboxylic acid groups (broad SMARTS) is 1. The maximum atomic E-state index is 11.2. The van der Waals surface area contributed by atoms with Gasteiger partial charge in [-0.25, -0.2) is 9.78 Å². The molecule has 0 amide bonds. The molecule has 0 atom stereocenters. The first kappa shape index (κ1) is 13.8. The summed E-state index contributed by atoms with van der Waals surface area (Å²) in [5.41, 5.74) is 0.903. The highest BCUT2D eigenvalue weighted by atomic mass is 79.9. The average molecular weight is 343 g/mol. The summed E-state index contributed by atoms with van der Waals surface area (Å²) in [5.74, 6) is -0.696. The molecule has 0 fully saturated rings. The number of rotatable bonds is 3. The number of aryl methyl sites for hydroxylation is 1. The van der Waals surface area contributed by atoms with Gasteiger partial charge in [-0.15, -0.1) is 0 Å². The van der Waals surface area contributed by atoms with E-state index in [1.807, 2.05) is 0 Å². The molecular formula is C13H9BrClNO3. The predicted molar refractivity (Wildman–Crippen MR) is 75.2 cm³/mol. The quantitative estimate of drug-likeness (QED) is 0.903. The Morgan fingerprint density at radius 1 is 1.42 bits per heavy atom. The van der Waals surface area contributed by atoms with Crippen molar-refractivity contribution in [2.75, 3.05) is 0 Å². The van der Waals surface area contributed by atoms with Crippen LogP contribution in [0.25, 0.3) is 0 Å². The van der Waals surface area contributed by atoms with Crippen LogP contribution in [0.4, 0.5) is 0 Å². The van der Waals surface area contributed by atoms with Crippen LogP contribution in [0.5, 0.6) is 11.6 Å². The Hall–Kier alpha value is -1.59. The molecule has 1 N–H and O–H groups in total. The largest absolute Gasteiger partial charge is 0.478 e. The molecule has 0 bridgehead atoms. The van der Waals surface area contributed by atoms with Gasteiger partial charge in [0.1, 0.15) is 16.3 Å². The van der Waals surface area contributed by atoms with Gasteiger partial charge >= 0.3 is 5.97 Å². The van der Waals surface area contributed by atoms with E-state index in [4.69, 9.17) is 21.4 Å². The van der Waals surface area contributed by atoms with E-state index in [0.29, 0.717) is 9.50 Å². The molecule has 1 aromatic heterocycles. The maximum absolute atomic E-state index is 11.2. The zero-order chi connectivity index (χ0) is 14.0. The molecule has 0 unspecified atom stereocenters. The van der Waals surface area contributed by atoms with E-state index in [9.17, 15) is 4.79 Å². The molecule has 1 heterocycles. The van der Waals surface area contributed by atoms with Gasteiger partial charge in [0.15, 0.2) is 0 Å². The smallest absolute Gasteiger partial charge is 0.339 e. The summed E-state index contributed by atoms with van der Waals surface area (Å²) in [7, 11) is 0. The number of hydrogen-bond donors (Lipinski definition) is 1. The molecule has 0 aliphatic heterocycles. The monoisotopic (exact) mass is 341 g/mol. The van der Waals surface area contributed by atoms with E-state index in [2.05, 4.69) is 20.9 Å². The molecule has 4 nitrogen and oxygen atoms in total.